The molecule has 154 valence electrons. The number of halogens is 3. The van der Waals surface area contributed by atoms with Crippen LogP contribution >= 0.6 is 0 Å². The summed E-state index contributed by atoms with van der Waals surface area (Å²) >= 11 is 0. The molecule has 0 atom stereocenters. The number of alkyl halides is 3. The molecular formula is C19H24F3N3O3. The van der Waals surface area contributed by atoms with E-state index in [9.17, 15) is 22.8 Å². The summed E-state index contributed by atoms with van der Waals surface area (Å²) in [5.74, 6) is -0.370. The Morgan fingerprint density at radius 2 is 1.89 bits per heavy atom. The van der Waals surface area contributed by atoms with Gasteiger partial charge in [-0.3, -0.25) is 4.79 Å². The molecule has 2 aliphatic heterocycles. The molecule has 2 heterocycles. The molecule has 2 saturated heterocycles. The van der Waals surface area contributed by atoms with Gasteiger partial charge in [0.25, 0.3) is 0 Å². The lowest BCUT2D eigenvalue weighted by Crippen LogP contribution is -2.30. The molecule has 2 amide bonds. The van der Waals surface area contributed by atoms with E-state index in [0.717, 1.165) is 44.5 Å². The molecule has 9 heteroatoms. The molecule has 0 aromatic heterocycles. The van der Waals surface area contributed by atoms with E-state index in [-0.39, 0.29) is 18.0 Å². The fourth-order valence-electron chi connectivity index (χ4n) is 3.50. The highest BCUT2D eigenvalue weighted by Gasteiger charge is 2.32. The van der Waals surface area contributed by atoms with E-state index < -0.39 is 17.8 Å². The Hall–Kier alpha value is -2.45. The van der Waals surface area contributed by atoms with Crippen LogP contribution in [0.5, 0.6) is 0 Å². The number of rotatable bonds is 6. The maximum absolute atomic E-state index is 13.1. The summed E-state index contributed by atoms with van der Waals surface area (Å²) < 4.78 is 44.2. The monoisotopic (exact) mass is 399 g/mol. The van der Waals surface area contributed by atoms with Crippen LogP contribution in [0, 0.1) is 0 Å². The Morgan fingerprint density at radius 1 is 1.14 bits per heavy atom. The third-order valence-corrected chi connectivity index (χ3v) is 4.97. The minimum Gasteiger partial charge on any atom is -0.448 e. The number of carbonyl (C=O) groups excluding carboxylic acids is 2. The van der Waals surface area contributed by atoms with Gasteiger partial charge < -0.3 is 19.9 Å². The first-order valence-electron chi connectivity index (χ1n) is 9.52. The number of ether oxygens (including phenoxy) is 1. The van der Waals surface area contributed by atoms with Gasteiger partial charge in [0.1, 0.15) is 6.61 Å². The van der Waals surface area contributed by atoms with E-state index in [1.807, 2.05) is 4.90 Å². The Morgan fingerprint density at radius 3 is 2.54 bits per heavy atom. The van der Waals surface area contributed by atoms with E-state index in [2.05, 4.69) is 5.32 Å². The molecule has 6 nitrogen and oxygen atoms in total. The average Bonchev–Trinajstić information content (AvgIpc) is 3.06. The molecule has 1 N–H and O–H groups in total. The van der Waals surface area contributed by atoms with Crippen LogP contribution in [0.25, 0.3) is 0 Å². The van der Waals surface area contributed by atoms with Crippen LogP contribution in [0.4, 0.5) is 29.3 Å². The molecule has 3 rings (SSSR count). The van der Waals surface area contributed by atoms with Crippen molar-refractivity contribution >= 4 is 23.4 Å². The van der Waals surface area contributed by atoms with Gasteiger partial charge in [0.05, 0.1) is 23.5 Å². The summed E-state index contributed by atoms with van der Waals surface area (Å²) in [6.07, 6.45) is -1.31. The topological polar surface area (TPSA) is 61.9 Å². The van der Waals surface area contributed by atoms with E-state index in [1.54, 1.807) is 0 Å². The Bertz CT molecular complexity index is 718. The molecule has 0 radical (unpaired) electrons. The third-order valence-electron chi connectivity index (χ3n) is 4.97. The number of anilines is 2. The van der Waals surface area contributed by atoms with Crippen LogP contribution in [-0.4, -0.2) is 49.7 Å². The number of hydrogen-bond acceptors (Lipinski definition) is 4. The maximum atomic E-state index is 13.1. The first-order valence-corrected chi connectivity index (χ1v) is 9.52. The third kappa shape index (κ3) is 5.08. The summed E-state index contributed by atoms with van der Waals surface area (Å²) in [5, 5.41) is 2.64. The number of cyclic esters (lactones) is 1. The van der Waals surface area contributed by atoms with Gasteiger partial charge in [-0.05, 0) is 43.9 Å². The lowest BCUT2D eigenvalue weighted by atomic mass is 10.1. The fourth-order valence-corrected chi connectivity index (χ4v) is 3.50. The van der Waals surface area contributed by atoms with Gasteiger partial charge >= 0.3 is 12.3 Å². The van der Waals surface area contributed by atoms with Gasteiger partial charge in [-0.25, -0.2) is 4.79 Å². The zero-order valence-corrected chi connectivity index (χ0v) is 15.6. The maximum Gasteiger partial charge on any atom is 0.416 e. The van der Waals surface area contributed by atoms with Gasteiger partial charge in [-0.1, -0.05) is 0 Å². The van der Waals surface area contributed by atoms with Gasteiger partial charge in [0.15, 0.2) is 0 Å². The second kappa shape index (κ2) is 8.70. The van der Waals surface area contributed by atoms with Crippen LogP contribution in [0.15, 0.2) is 18.2 Å². The van der Waals surface area contributed by atoms with Crippen molar-refractivity contribution in [2.45, 2.75) is 38.3 Å². The van der Waals surface area contributed by atoms with Crippen molar-refractivity contribution in [3.05, 3.63) is 23.8 Å². The van der Waals surface area contributed by atoms with Crippen molar-refractivity contribution in [3.8, 4) is 0 Å². The van der Waals surface area contributed by atoms with Crippen LogP contribution < -0.4 is 10.2 Å². The van der Waals surface area contributed by atoms with Crippen molar-refractivity contribution in [1.29, 1.82) is 0 Å². The number of nitrogens with zero attached hydrogens (tertiary/aromatic N) is 2. The standard InChI is InChI=1S/C19H24F3N3O3/c20-19(21,22)14-6-7-16(24-8-2-1-3-9-24)15(13-14)23-17(26)5-4-10-25-11-12-28-18(25)27/h6-7,13H,1-5,8-12H2,(H,23,26). The Labute approximate surface area is 161 Å². The molecule has 0 unspecified atom stereocenters. The van der Waals surface area contributed by atoms with E-state index in [4.69, 9.17) is 4.74 Å². The highest BCUT2D eigenvalue weighted by atomic mass is 19.4. The molecule has 0 bridgehead atoms. The van der Waals surface area contributed by atoms with E-state index in [1.165, 1.54) is 11.0 Å². The summed E-state index contributed by atoms with van der Waals surface area (Å²) in [7, 11) is 0. The minimum atomic E-state index is -4.48. The SMILES string of the molecule is O=C(CCCN1CCOC1=O)Nc1cc(C(F)(F)F)ccc1N1CCCCC1. The molecule has 0 spiro atoms. The van der Waals surface area contributed by atoms with Gasteiger partial charge in [0.2, 0.25) is 5.91 Å². The van der Waals surface area contributed by atoms with Crippen molar-refractivity contribution in [3.63, 3.8) is 0 Å². The molecule has 1 aromatic carbocycles. The highest BCUT2D eigenvalue weighted by molar-refractivity contribution is 5.94. The smallest absolute Gasteiger partial charge is 0.416 e. The fraction of sp³-hybridized carbons (Fsp3) is 0.579. The Balaban J connectivity index is 1.66. The number of carbonyl (C=O) groups is 2. The van der Waals surface area contributed by atoms with Crippen molar-refractivity contribution in [2.75, 3.05) is 43.0 Å². The average molecular weight is 399 g/mol. The summed E-state index contributed by atoms with van der Waals surface area (Å²) in [6, 6.07) is 3.49. The molecular weight excluding hydrogens is 375 g/mol. The molecule has 2 fully saturated rings. The van der Waals surface area contributed by atoms with E-state index >= 15 is 0 Å². The summed E-state index contributed by atoms with van der Waals surface area (Å²) in [6.45, 7) is 2.73. The quantitative estimate of drug-likeness (QED) is 0.789. The van der Waals surface area contributed by atoms with Gasteiger partial charge in [-0.2, -0.15) is 13.2 Å². The molecule has 0 aliphatic carbocycles. The first kappa shape index (κ1) is 20.3. The van der Waals surface area contributed by atoms with Crippen LogP contribution in [0.2, 0.25) is 0 Å². The predicted octanol–water partition coefficient (Wildman–Crippen LogP) is 3.87. The number of benzene rings is 1. The molecule has 28 heavy (non-hydrogen) atoms. The minimum absolute atomic E-state index is 0.111. The summed E-state index contributed by atoms with van der Waals surface area (Å²) in [5.41, 5.74) is 0.00912. The predicted molar refractivity (Wildman–Crippen MR) is 98.3 cm³/mol. The highest BCUT2D eigenvalue weighted by Crippen LogP contribution is 2.36. The number of nitrogens with one attached hydrogen (secondary N) is 1. The molecule has 1 aromatic rings. The van der Waals surface area contributed by atoms with Gasteiger partial charge in [-0.15, -0.1) is 0 Å². The lowest BCUT2D eigenvalue weighted by Gasteiger charge is -2.31. The second-order valence-corrected chi connectivity index (χ2v) is 7.03. The normalized spacial score (nSPS) is 17.6. The second-order valence-electron chi connectivity index (χ2n) is 7.03. The van der Waals surface area contributed by atoms with Crippen molar-refractivity contribution < 1.29 is 27.5 Å². The zero-order chi connectivity index (χ0) is 20.1. The Kier molecular flexibility index (Phi) is 6.31. The van der Waals surface area contributed by atoms with Gasteiger partial charge in [0, 0.05) is 26.1 Å². The summed E-state index contributed by atoms with van der Waals surface area (Å²) in [4.78, 5) is 27.2. The zero-order valence-electron chi connectivity index (χ0n) is 15.6. The molecule has 2 aliphatic rings. The van der Waals surface area contributed by atoms with Crippen molar-refractivity contribution in [2.24, 2.45) is 0 Å². The van der Waals surface area contributed by atoms with Crippen LogP contribution in [0.3, 0.4) is 0 Å². The molecule has 0 saturated carbocycles. The number of piperidine rings is 1. The lowest BCUT2D eigenvalue weighted by molar-refractivity contribution is -0.137. The largest absolute Gasteiger partial charge is 0.448 e. The number of amides is 2. The van der Waals surface area contributed by atoms with Crippen LogP contribution in [-0.2, 0) is 15.7 Å². The first-order chi connectivity index (χ1) is 13.3. The van der Waals surface area contributed by atoms with Crippen LogP contribution in [0.1, 0.15) is 37.7 Å². The van der Waals surface area contributed by atoms with E-state index in [0.29, 0.717) is 31.8 Å². The number of hydrogen-bond donors (Lipinski definition) is 1. The van der Waals surface area contributed by atoms with Crippen molar-refractivity contribution in [1.82, 2.24) is 4.90 Å².